The van der Waals surface area contributed by atoms with Crippen molar-refractivity contribution in [2.45, 2.75) is 51.4 Å². The summed E-state index contributed by atoms with van der Waals surface area (Å²) in [6.45, 7) is 6.10. The molecule has 0 aliphatic heterocycles. The summed E-state index contributed by atoms with van der Waals surface area (Å²) in [7, 11) is 0. The molecule has 53 heavy (non-hydrogen) atoms. The third kappa shape index (κ3) is 13.8. The van der Waals surface area contributed by atoms with Gasteiger partial charge in [0, 0.05) is 5.56 Å². The average Bonchev–Trinajstić information content (AvgIpc) is 3.20. The molecule has 0 N–H and O–H groups in total. The van der Waals surface area contributed by atoms with Crippen molar-refractivity contribution < 1.29 is 28.1 Å². The van der Waals surface area contributed by atoms with Crippen LogP contribution in [0.25, 0.3) is 23.3 Å². The molecule has 274 valence electrons. The summed E-state index contributed by atoms with van der Waals surface area (Å²) in [6.07, 6.45) is 14.7. The molecule has 0 fully saturated rings. The highest BCUT2D eigenvalue weighted by atomic mass is 19.1. The molecule has 5 aromatic rings. The van der Waals surface area contributed by atoms with Gasteiger partial charge in [0.15, 0.2) is 5.78 Å². The fourth-order valence-electron chi connectivity index (χ4n) is 5.71. The maximum atomic E-state index is 13.1. The molecule has 0 saturated heterocycles. The van der Waals surface area contributed by atoms with Crippen LogP contribution in [0.2, 0.25) is 0 Å². The van der Waals surface area contributed by atoms with Crippen molar-refractivity contribution in [1.29, 1.82) is 0 Å². The maximum Gasteiger partial charge on any atom is 0.185 e. The Labute approximate surface area is 313 Å². The van der Waals surface area contributed by atoms with Crippen molar-refractivity contribution in [1.82, 2.24) is 0 Å². The Morgan fingerprint density at radius 1 is 0.472 bits per heavy atom. The van der Waals surface area contributed by atoms with Crippen LogP contribution in [-0.4, -0.2) is 32.2 Å². The van der Waals surface area contributed by atoms with E-state index in [1.54, 1.807) is 6.08 Å². The third-order valence-electron chi connectivity index (χ3n) is 8.79. The van der Waals surface area contributed by atoms with Gasteiger partial charge >= 0.3 is 0 Å². The fourth-order valence-corrected chi connectivity index (χ4v) is 5.71. The van der Waals surface area contributed by atoms with Gasteiger partial charge in [-0.15, -0.1) is 0 Å². The van der Waals surface area contributed by atoms with Crippen molar-refractivity contribution in [2.75, 3.05) is 26.4 Å². The number of benzene rings is 5. The van der Waals surface area contributed by atoms with Gasteiger partial charge in [-0.1, -0.05) is 106 Å². The van der Waals surface area contributed by atoms with Gasteiger partial charge < -0.3 is 18.9 Å². The van der Waals surface area contributed by atoms with Crippen molar-refractivity contribution in [2.24, 2.45) is 0 Å². The van der Waals surface area contributed by atoms with Crippen LogP contribution in [0.4, 0.5) is 4.39 Å². The summed E-state index contributed by atoms with van der Waals surface area (Å²) in [5.74, 6) is 2.77. The summed E-state index contributed by atoms with van der Waals surface area (Å²) in [5.41, 5.74) is 4.65. The molecule has 5 aromatic carbocycles. The Morgan fingerprint density at radius 3 is 1.28 bits per heavy atom. The number of carbonyl (C=O) groups excluding carboxylic acids is 1. The molecule has 0 saturated carbocycles. The molecule has 0 radical (unpaired) electrons. The second kappa shape index (κ2) is 21.7. The molecular formula is C47H49FO5. The van der Waals surface area contributed by atoms with E-state index in [1.165, 1.54) is 68.9 Å². The van der Waals surface area contributed by atoms with Gasteiger partial charge in [-0.2, -0.15) is 0 Å². The quantitative estimate of drug-likeness (QED) is 0.0383. The number of ketones is 1. The molecular weight excluding hydrogens is 664 g/mol. The normalized spacial score (nSPS) is 11.0. The van der Waals surface area contributed by atoms with Crippen LogP contribution >= 0.6 is 0 Å². The van der Waals surface area contributed by atoms with Crippen LogP contribution in [-0.2, 0) is 0 Å². The number of allylic oxidation sites excluding steroid dienone is 1. The van der Waals surface area contributed by atoms with Crippen LogP contribution in [0.5, 0.6) is 23.0 Å². The van der Waals surface area contributed by atoms with E-state index in [0.717, 1.165) is 65.6 Å². The molecule has 6 heteroatoms. The van der Waals surface area contributed by atoms with E-state index in [0.29, 0.717) is 24.5 Å². The van der Waals surface area contributed by atoms with E-state index in [1.807, 2.05) is 78.9 Å². The molecule has 0 bridgehead atoms. The number of hydrogen-bond acceptors (Lipinski definition) is 5. The van der Waals surface area contributed by atoms with E-state index in [-0.39, 0.29) is 11.6 Å². The smallest absolute Gasteiger partial charge is 0.185 e. The minimum absolute atomic E-state index is 0.182. The van der Waals surface area contributed by atoms with E-state index in [4.69, 9.17) is 18.9 Å². The van der Waals surface area contributed by atoms with E-state index < -0.39 is 0 Å². The Kier molecular flexibility index (Phi) is 15.8. The Hall–Kier alpha value is -5.62. The van der Waals surface area contributed by atoms with Crippen LogP contribution in [0.3, 0.4) is 0 Å². The first-order valence-corrected chi connectivity index (χ1v) is 18.6. The SMILES string of the molecule is C=Cc1ccc(OCCCCCCCCCCOc2ccc(-c3ccc(OCCOc4ccc(/C=C/C(=O)c5ccc(F)cc5)cc4)cc3)cc2)cc1. The first-order chi connectivity index (χ1) is 26.1. The average molecular weight is 713 g/mol. The summed E-state index contributed by atoms with van der Waals surface area (Å²) in [5, 5.41) is 0. The minimum Gasteiger partial charge on any atom is -0.494 e. The van der Waals surface area contributed by atoms with Crippen molar-refractivity contribution >= 4 is 17.9 Å². The Bertz CT molecular complexity index is 1830. The predicted octanol–water partition coefficient (Wildman–Crippen LogP) is 12.1. The summed E-state index contributed by atoms with van der Waals surface area (Å²) in [4.78, 5) is 12.3. The highest BCUT2D eigenvalue weighted by Crippen LogP contribution is 2.25. The number of ether oxygens (including phenoxy) is 4. The first kappa shape index (κ1) is 38.6. The Balaban J connectivity index is 0.884. The Morgan fingerprint density at radius 2 is 0.849 bits per heavy atom. The lowest BCUT2D eigenvalue weighted by atomic mass is 10.1. The maximum absolute atomic E-state index is 13.1. The summed E-state index contributed by atoms with van der Waals surface area (Å²) >= 11 is 0. The van der Waals surface area contributed by atoms with Crippen molar-refractivity contribution in [3.05, 3.63) is 156 Å². The highest BCUT2D eigenvalue weighted by Gasteiger charge is 2.04. The summed E-state index contributed by atoms with van der Waals surface area (Å²) in [6, 6.07) is 37.3. The second-order valence-corrected chi connectivity index (χ2v) is 12.8. The van der Waals surface area contributed by atoms with Gasteiger partial charge in [-0.05, 0) is 114 Å². The standard InChI is InChI=1S/C47H49FO5/c1-2-37-11-24-43(25-12-37)50-33-9-7-5-3-4-6-8-10-34-51-45-28-18-39(19-29-45)40-20-30-46(31-21-40)53-36-35-52-44-26-13-38(14-27-44)15-32-47(49)41-16-22-42(48)23-17-41/h2,11-32H,1,3-10,33-36H2/b32-15+. The molecule has 5 nitrogen and oxygen atoms in total. The van der Waals surface area contributed by atoms with Gasteiger partial charge in [-0.25, -0.2) is 4.39 Å². The molecule has 5 rings (SSSR count). The van der Waals surface area contributed by atoms with Crippen molar-refractivity contribution in [3.8, 4) is 34.1 Å². The largest absolute Gasteiger partial charge is 0.494 e. The molecule has 0 amide bonds. The van der Waals surface area contributed by atoms with E-state index in [9.17, 15) is 9.18 Å². The van der Waals surface area contributed by atoms with Gasteiger partial charge in [0.05, 0.1) is 13.2 Å². The number of unbranched alkanes of at least 4 members (excludes halogenated alkanes) is 7. The first-order valence-electron chi connectivity index (χ1n) is 18.6. The third-order valence-corrected chi connectivity index (χ3v) is 8.79. The lowest BCUT2D eigenvalue weighted by Crippen LogP contribution is -2.08. The van der Waals surface area contributed by atoms with Gasteiger partial charge in [0.2, 0.25) is 0 Å². The van der Waals surface area contributed by atoms with Crippen LogP contribution in [0.1, 0.15) is 72.9 Å². The lowest BCUT2D eigenvalue weighted by Gasteiger charge is -2.10. The number of carbonyl (C=O) groups is 1. The zero-order valence-electron chi connectivity index (χ0n) is 30.4. The van der Waals surface area contributed by atoms with Gasteiger partial charge in [0.1, 0.15) is 42.0 Å². The molecule has 0 unspecified atom stereocenters. The molecule has 0 aliphatic carbocycles. The second-order valence-electron chi connectivity index (χ2n) is 12.8. The van der Waals surface area contributed by atoms with E-state index >= 15 is 0 Å². The summed E-state index contributed by atoms with van der Waals surface area (Å²) < 4.78 is 36.6. The molecule has 0 heterocycles. The fraction of sp³-hybridized carbons (Fsp3) is 0.255. The highest BCUT2D eigenvalue weighted by molar-refractivity contribution is 6.06. The molecule has 0 aromatic heterocycles. The van der Waals surface area contributed by atoms with E-state index in [2.05, 4.69) is 30.8 Å². The van der Waals surface area contributed by atoms with Crippen molar-refractivity contribution in [3.63, 3.8) is 0 Å². The lowest BCUT2D eigenvalue weighted by molar-refractivity contribution is 0.104. The van der Waals surface area contributed by atoms with Gasteiger partial charge in [0.25, 0.3) is 0 Å². The molecule has 0 spiro atoms. The van der Waals surface area contributed by atoms with Crippen LogP contribution in [0.15, 0.2) is 134 Å². The number of halogens is 1. The number of hydrogen-bond donors (Lipinski definition) is 0. The number of rotatable bonds is 23. The molecule has 0 aliphatic rings. The predicted molar refractivity (Wildman–Crippen MR) is 214 cm³/mol. The van der Waals surface area contributed by atoms with Crippen LogP contribution in [0, 0.1) is 5.82 Å². The topological polar surface area (TPSA) is 54.0 Å². The minimum atomic E-state index is -0.367. The monoisotopic (exact) mass is 712 g/mol. The zero-order valence-corrected chi connectivity index (χ0v) is 30.4. The molecule has 0 atom stereocenters. The van der Waals surface area contributed by atoms with Crippen LogP contribution < -0.4 is 18.9 Å². The van der Waals surface area contributed by atoms with Gasteiger partial charge in [-0.3, -0.25) is 4.79 Å². The zero-order chi connectivity index (χ0) is 36.9.